The molecule has 2 N–H and O–H groups in total. The number of anilines is 1. The second-order valence-corrected chi connectivity index (χ2v) is 5.04. The van der Waals surface area contributed by atoms with E-state index in [9.17, 15) is 14.7 Å². The van der Waals surface area contributed by atoms with E-state index < -0.39 is 11.7 Å². The molecule has 0 saturated carbocycles. The van der Waals surface area contributed by atoms with Crippen LogP contribution in [0.1, 0.15) is 31.1 Å². The first-order valence-corrected chi connectivity index (χ1v) is 5.58. The van der Waals surface area contributed by atoms with Crippen LogP contribution in [0.15, 0.2) is 12.1 Å². The van der Waals surface area contributed by atoms with Crippen LogP contribution in [0.3, 0.4) is 0 Å². The Balaban J connectivity index is 2.94. The molecule has 0 bridgehead atoms. The van der Waals surface area contributed by atoms with Crippen molar-refractivity contribution >= 4 is 29.7 Å². The molecule has 0 aliphatic heterocycles. The number of amides is 1. The fraction of sp³-hybridized carbons (Fsp3) is 0.333. The predicted molar refractivity (Wildman–Crippen MR) is 68.4 cm³/mol. The van der Waals surface area contributed by atoms with E-state index >= 15 is 0 Å². The van der Waals surface area contributed by atoms with Gasteiger partial charge in [-0.1, -0.05) is 11.6 Å². The summed E-state index contributed by atoms with van der Waals surface area (Å²) < 4.78 is 5.03. The smallest absolute Gasteiger partial charge is 0.412 e. The van der Waals surface area contributed by atoms with Crippen molar-refractivity contribution in [1.82, 2.24) is 0 Å². The van der Waals surface area contributed by atoms with Crippen molar-refractivity contribution in [2.75, 3.05) is 5.32 Å². The molecule has 1 rings (SSSR count). The van der Waals surface area contributed by atoms with Crippen LogP contribution in [0.4, 0.5) is 10.5 Å². The van der Waals surface area contributed by atoms with Gasteiger partial charge < -0.3 is 9.84 Å². The molecule has 1 amide bonds. The average Bonchev–Trinajstić information content (AvgIpc) is 2.20. The monoisotopic (exact) mass is 271 g/mol. The second-order valence-electron chi connectivity index (χ2n) is 4.64. The van der Waals surface area contributed by atoms with Crippen LogP contribution < -0.4 is 5.32 Å². The van der Waals surface area contributed by atoms with E-state index in [2.05, 4.69) is 5.32 Å². The number of rotatable bonds is 2. The van der Waals surface area contributed by atoms with E-state index in [1.54, 1.807) is 20.8 Å². The summed E-state index contributed by atoms with van der Waals surface area (Å²) in [6.45, 7) is 5.14. The summed E-state index contributed by atoms with van der Waals surface area (Å²) in [5, 5.41) is 11.8. The van der Waals surface area contributed by atoms with Gasteiger partial charge >= 0.3 is 6.09 Å². The van der Waals surface area contributed by atoms with E-state index in [4.69, 9.17) is 16.3 Å². The molecule has 5 nitrogen and oxygen atoms in total. The average molecular weight is 272 g/mol. The van der Waals surface area contributed by atoms with Gasteiger partial charge in [0.05, 0.1) is 10.7 Å². The molecule has 0 atom stereocenters. The molecule has 0 spiro atoms. The van der Waals surface area contributed by atoms with E-state index in [1.807, 2.05) is 0 Å². The Labute approximate surface area is 110 Å². The molecule has 0 aromatic heterocycles. The largest absolute Gasteiger partial charge is 0.506 e. The molecule has 0 fully saturated rings. The SMILES string of the molecule is CC(C)(C)OC(=O)Nc1cc(O)c(Cl)cc1C=O. The zero-order valence-electron chi connectivity index (χ0n) is 10.3. The first-order chi connectivity index (χ1) is 8.23. The van der Waals surface area contributed by atoms with Crippen LogP contribution in [0.5, 0.6) is 5.75 Å². The predicted octanol–water partition coefficient (Wildman–Crippen LogP) is 3.21. The van der Waals surface area contributed by atoms with E-state index in [1.165, 1.54) is 12.1 Å². The van der Waals surface area contributed by atoms with Crippen LogP contribution >= 0.6 is 11.6 Å². The molecule has 1 aromatic carbocycles. The number of hydrogen-bond acceptors (Lipinski definition) is 4. The van der Waals surface area contributed by atoms with Crippen molar-refractivity contribution in [2.24, 2.45) is 0 Å². The fourth-order valence-electron chi connectivity index (χ4n) is 1.20. The van der Waals surface area contributed by atoms with Gasteiger partial charge in [-0.15, -0.1) is 0 Å². The Bertz CT molecular complexity index is 480. The lowest BCUT2D eigenvalue weighted by Gasteiger charge is -2.20. The first kappa shape index (κ1) is 14.3. The van der Waals surface area contributed by atoms with E-state index in [0.717, 1.165) is 0 Å². The van der Waals surface area contributed by atoms with Gasteiger partial charge in [0.2, 0.25) is 0 Å². The zero-order valence-corrected chi connectivity index (χ0v) is 11.0. The number of nitrogens with one attached hydrogen (secondary N) is 1. The minimum absolute atomic E-state index is 0.0341. The minimum Gasteiger partial charge on any atom is -0.506 e. The highest BCUT2D eigenvalue weighted by Crippen LogP contribution is 2.29. The highest BCUT2D eigenvalue weighted by atomic mass is 35.5. The summed E-state index contributed by atoms with van der Waals surface area (Å²) >= 11 is 5.65. The third kappa shape index (κ3) is 3.92. The third-order valence-corrected chi connectivity index (χ3v) is 2.18. The molecule has 18 heavy (non-hydrogen) atoms. The van der Waals surface area contributed by atoms with Crippen LogP contribution in [0.25, 0.3) is 0 Å². The number of benzene rings is 1. The van der Waals surface area contributed by atoms with Crippen molar-refractivity contribution in [3.63, 3.8) is 0 Å². The van der Waals surface area contributed by atoms with Crippen LogP contribution in [-0.4, -0.2) is 23.1 Å². The highest BCUT2D eigenvalue weighted by Gasteiger charge is 2.18. The van der Waals surface area contributed by atoms with E-state index in [-0.39, 0.29) is 22.0 Å². The number of phenolic OH excluding ortho intramolecular Hbond substituents is 1. The molecule has 0 saturated heterocycles. The maximum atomic E-state index is 11.5. The number of halogens is 1. The van der Waals surface area contributed by atoms with Gasteiger partial charge in [-0.05, 0) is 26.8 Å². The molecule has 98 valence electrons. The zero-order chi connectivity index (χ0) is 13.9. The molecular formula is C12H14ClNO4. The maximum Gasteiger partial charge on any atom is 0.412 e. The van der Waals surface area contributed by atoms with Gasteiger partial charge in [-0.2, -0.15) is 0 Å². The van der Waals surface area contributed by atoms with Gasteiger partial charge in [0.25, 0.3) is 0 Å². The lowest BCUT2D eigenvalue weighted by molar-refractivity contribution is 0.0636. The summed E-state index contributed by atoms with van der Waals surface area (Å²) in [5.41, 5.74) is -0.357. The Morgan fingerprint density at radius 1 is 1.44 bits per heavy atom. The Hall–Kier alpha value is -1.75. The number of aldehydes is 1. The van der Waals surface area contributed by atoms with Gasteiger partial charge in [-0.25, -0.2) is 4.79 Å². The van der Waals surface area contributed by atoms with Gasteiger partial charge in [-0.3, -0.25) is 10.1 Å². The molecule has 0 unspecified atom stereocenters. The topological polar surface area (TPSA) is 75.6 Å². The summed E-state index contributed by atoms with van der Waals surface area (Å²) in [4.78, 5) is 22.4. The normalized spacial score (nSPS) is 10.9. The molecule has 1 aromatic rings. The number of hydrogen-bond donors (Lipinski definition) is 2. The molecule has 0 aliphatic rings. The summed E-state index contributed by atoms with van der Waals surface area (Å²) in [5.74, 6) is -0.228. The Morgan fingerprint density at radius 2 is 2.06 bits per heavy atom. The van der Waals surface area contributed by atoms with Gasteiger partial charge in [0.1, 0.15) is 11.4 Å². The van der Waals surface area contributed by atoms with Crippen molar-refractivity contribution in [3.05, 3.63) is 22.7 Å². The van der Waals surface area contributed by atoms with Crippen molar-refractivity contribution in [1.29, 1.82) is 0 Å². The highest BCUT2D eigenvalue weighted by molar-refractivity contribution is 6.32. The quantitative estimate of drug-likeness (QED) is 0.810. The first-order valence-electron chi connectivity index (χ1n) is 5.20. The van der Waals surface area contributed by atoms with Crippen LogP contribution in [0.2, 0.25) is 5.02 Å². The third-order valence-electron chi connectivity index (χ3n) is 1.88. The molecule has 0 aliphatic carbocycles. The molecule has 0 radical (unpaired) electrons. The molecular weight excluding hydrogens is 258 g/mol. The van der Waals surface area contributed by atoms with Crippen LogP contribution in [-0.2, 0) is 4.74 Å². The van der Waals surface area contributed by atoms with Gasteiger partial charge in [0, 0.05) is 11.6 Å². The van der Waals surface area contributed by atoms with Crippen LogP contribution in [0, 0.1) is 0 Å². The number of ether oxygens (including phenoxy) is 1. The lowest BCUT2D eigenvalue weighted by atomic mass is 10.2. The Kier molecular flexibility index (Phi) is 4.19. The molecule has 6 heteroatoms. The maximum absolute atomic E-state index is 11.5. The number of phenols is 1. The number of carbonyl (C=O) groups excluding carboxylic acids is 2. The van der Waals surface area contributed by atoms with Crippen molar-refractivity contribution < 1.29 is 19.4 Å². The fourth-order valence-corrected chi connectivity index (χ4v) is 1.37. The lowest BCUT2D eigenvalue weighted by Crippen LogP contribution is -2.27. The number of carbonyl (C=O) groups is 2. The number of aromatic hydroxyl groups is 1. The Morgan fingerprint density at radius 3 is 2.56 bits per heavy atom. The van der Waals surface area contributed by atoms with Gasteiger partial charge in [0.15, 0.2) is 6.29 Å². The standard InChI is InChI=1S/C12H14ClNO4/c1-12(2,3)18-11(17)14-9-5-10(16)8(13)4-7(9)6-15/h4-6,16H,1-3H3,(H,14,17). The summed E-state index contributed by atoms with van der Waals surface area (Å²) in [7, 11) is 0. The van der Waals surface area contributed by atoms with Crippen molar-refractivity contribution in [2.45, 2.75) is 26.4 Å². The molecule has 0 heterocycles. The van der Waals surface area contributed by atoms with Crippen molar-refractivity contribution in [3.8, 4) is 5.75 Å². The van der Waals surface area contributed by atoms with E-state index in [0.29, 0.717) is 6.29 Å². The summed E-state index contributed by atoms with van der Waals surface area (Å²) in [6.07, 6.45) is -0.190. The second kappa shape index (κ2) is 5.27. The minimum atomic E-state index is -0.715. The summed E-state index contributed by atoms with van der Waals surface area (Å²) in [6, 6.07) is 2.45.